The highest BCUT2D eigenvalue weighted by atomic mass is 16.1. The first-order chi connectivity index (χ1) is 13.7. The Morgan fingerprint density at radius 1 is 1.10 bits per heavy atom. The molecule has 0 aromatic heterocycles. The minimum atomic E-state index is 0.141. The van der Waals surface area contributed by atoms with Gasteiger partial charge >= 0.3 is 0 Å². The predicted molar refractivity (Wildman–Crippen MR) is 121 cm³/mol. The van der Waals surface area contributed by atoms with Crippen LogP contribution in [0.3, 0.4) is 0 Å². The van der Waals surface area contributed by atoms with Crippen LogP contribution in [0.15, 0.2) is 23.9 Å². The lowest BCUT2D eigenvalue weighted by Gasteiger charge is -2.58. The van der Waals surface area contributed by atoms with Crippen molar-refractivity contribution in [3.63, 3.8) is 0 Å². The van der Waals surface area contributed by atoms with Crippen LogP contribution < -0.4 is 5.32 Å². The number of rotatable bonds is 5. The third-order valence-corrected chi connectivity index (χ3v) is 9.81. The van der Waals surface area contributed by atoms with Gasteiger partial charge in [-0.25, -0.2) is 0 Å². The van der Waals surface area contributed by atoms with Gasteiger partial charge in [0, 0.05) is 17.5 Å². The van der Waals surface area contributed by atoms with Gasteiger partial charge in [-0.1, -0.05) is 60.5 Å². The second-order valence-corrected chi connectivity index (χ2v) is 11.9. The third kappa shape index (κ3) is 3.43. The molecule has 7 unspecified atom stereocenters. The van der Waals surface area contributed by atoms with Crippen LogP contribution in [0.2, 0.25) is 0 Å². The molecule has 4 rings (SSSR count). The highest BCUT2D eigenvalue weighted by Gasteiger charge is 2.60. The zero-order valence-electron chi connectivity index (χ0n) is 19.5. The van der Waals surface area contributed by atoms with Crippen molar-refractivity contribution in [2.24, 2.45) is 46.3 Å². The summed E-state index contributed by atoms with van der Waals surface area (Å²) in [5.74, 6) is 4.78. The zero-order valence-corrected chi connectivity index (χ0v) is 19.5. The number of carbonyl (C=O) groups is 1. The maximum atomic E-state index is 12.0. The number of hydrogen-bond donors (Lipinski definition) is 1. The van der Waals surface area contributed by atoms with Gasteiger partial charge in [0.25, 0.3) is 0 Å². The molecule has 1 aliphatic heterocycles. The Morgan fingerprint density at radius 2 is 1.86 bits per heavy atom. The Labute approximate surface area is 179 Å². The second-order valence-electron chi connectivity index (χ2n) is 11.9. The molecule has 1 heterocycles. The number of hydrogen-bond acceptors (Lipinski definition) is 1. The fourth-order valence-corrected chi connectivity index (χ4v) is 8.13. The Kier molecular flexibility index (Phi) is 5.53. The van der Waals surface area contributed by atoms with Crippen molar-refractivity contribution in [2.75, 3.05) is 0 Å². The number of fused-ring (bicyclic) bond motifs is 5. The van der Waals surface area contributed by atoms with E-state index in [-0.39, 0.29) is 11.3 Å². The van der Waals surface area contributed by atoms with Gasteiger partial charge in [0.1, 0.15) is 0 Å². The minimum absolute atomic E-state index is 0.141. The molecule has 1 saturated heterocycles. The lowest BCUT2D eigenvalue weighted by atomic mass is 9.47. The van der Waals surface area contributed by atoms with Crippen LogP contribution >= 0.6 is 0 Å². The Morgan fingerprint density at radius 3 is 2.59 bits per heavy atom. The fraction of sp³-hybridized carbons (Fsp3) is 0.815. The first kappa shape index (κ1) is 21.2. The smallest absolute Gasteiger partial charge is 0.224 e. The lowest BCUT2D eigenvalue weighted by molar-refractivity contribution is -0.124. The fourth-order valence-electron chi connectivity index (χ4n) is 8.13. The van der Waals surface area contributed by atoms with Gasteiger partial charge in [0.05, 0.1) is 0 Å². The number of allylic oxidation sites excluding steroid dienone is 3. The molecule has 0 aromatic carbocycles. The lowest BCUT2D eigenvalue weighted by Crippen LogP contribution is -2.54. The first-order valence-electron chi connectivity index (χ1n) is 12.4. The molecule has 7 atom stereocenters. The molecular weight excluding hydrogens is 354 g/mol. The molecule has 0 spiro atoms. The van der Waals surface area contributed by atoms with E-state index in [2.05, 4.69) is 52.6 Å². The molecule has 0 bridgehead atoms. The van der Waals surface area contributed by atoms with Crippen molar-refractivity contribution < 1.29 is 4.79 Å². The molecular formula is C27H43NO. The van der Waals surface area contributed by atoms with Gasteiger partial charge < -0.3 is 5.32 Å². The van der Waals surface area contributed by atoms with Crippen molar-refractivity contribution in [2.45, 2.75) is 92.4 Å². The summed E-state index contributed by atoms with van der Waals surface area (Å²) in [6.07, 6.45) is 13.6. The van der Waals surface area contributed by atoms with E-state index in [1.807, 2.05) is 0 Å². The maximum Gasteiger partial charge on any atom is 0.224 e. The van der Waals surface area contributed by atoms with Gasteiger partial charge in [-0.2, -0.15) is 0 Å². The van der Waals surface area contributed by atoms with E-state index in [0.29, 0.717) is 23.7 Å². The quantitative estimate of drug-likeness (QED) is 0.538. The summed E-state index contributed by atoms with van der Waals surface area (Å²) >= 11 is 0. The van der Waals surface area contributed by atoms with E-state index in [0.717, 1.165) is 30.1 Å². The summed E-state index contributed by atoms with van der Waals surface area (Å²) in [6.45, 7) is 16.8. The van der Waals surface area contributed by atoms with Gasteiger partial charge in [-0.05, 0) is 84.7 Å². The van der Waals surface area contributed by atoms with Gasteiger partial charge in [-0.3, -0.25) is 4.79 Å². The van der Waals surface area contributed by atoms with Crippen LogP contribution in [-0.4, -0.2) is 5.91 Å². The van der Waals surface area contributed by atoms with Gasteiger partial charge in [0.15, 0.2) is 0 Å². The van der Waals surface area contributed by atoms with Crippen molar-refractivity contribution in [1.29, 1.82) is 0 Å². The molecule has 2 heteroatoms. The Balaban J connectivity index is 1.55. The molecule has 3 fully saturated rings. The largest absolute Gasteiger partial charge is 0.329 e. The van der Waals surface area contributed by atoms with Crippen LogP contribution in [0.4, 0.5) is 0 Å². The van der Waals surface area contributed by atoms with Crippen molar-refractivity contribution in [3.05, 3.63) is 23.9 Å². The first-order valence-corrected chi connectivity index (χ1v) is 12.4. The summed E-state index contributed by atoms with van der Waals surface area (Å²) in [4.78, 5) is 12.0. The van der Waals surface area contributed by atoms with Crippen LogP contribution in [0.5, 0.6) is 0 Å². The van der Waals surface area contributed by atoms with E-state index in [9.17, 15) is 4.79 Å². The van der Waals surface area contributed by atoms with Crippen LogP contribution in [0, 0.1) is 46.3 Å². The predicted octanol–water partition coefficient (Wildman–Crippen LogP) is 6.88. The van der Waals surface area contributed by atoms with E-state index >= 15 is 0 Å². The molecule has 1 N–H and O–H groups in total. The third-order valence-electron chi connectivity index (χ3n) is 9.81. The topological polar surface area (TPSA) is 29.1 Å². The van der Waals surface area contributed by atoms with Crippen molar-refractivity contribution in [3.8, 4) is 0 Å². The Bertz CT molecular complexity index is 705. The van der Waals surface area contributed by atoms with Crippen LogP contribution in [-0.2, 0) is 4.79 Å². The van der Waals surface area contributed by atoms with Crippen molar-refractivity contribution in [1.82, 2.24) is 5.32 Å². The molecule has 1 amide bonds. The van der Waals surface area contributed by atoms with Gasteiger partial charge in [-0.15, -0.1) is 0 Å². The summed E-state index contributed by atoms with van der Waals surface area (Å²) in [5, 5.41) is 3.21. The summed E-state index contributed by atoms with van der Waals surface area (Å²) in [6, 6.07) is 0. The minimum Gasteiger partial charge on any atom is -0.329 e. The molecule has 2 saturated carbocycles. The molecule has 2 nitrogen and oxygen atoms in total. The van der Waals surface area contributed by atoms with E-state index < -0.39 is 0 Å². The SMILES string of the molecule is C=C1C=C2NC(=O)CCC2(C)C2CCC3(C)C(C(C)CCCC(C)C)CCC3C12. The summed E-state index contributed by atoms with van der Waals surface area (Å²) in [5.41, 5.74) is 3.08. The van der Waals surface area contributed by atoms with Crippen LogP contribution in [0.25, 0.3) is 0 Å². The molecule has 0 radical (unpaired) electrons. The summed E-state index contributed by atoms with van der Waals surface area (Å²) < 4.78 is 0. The average molecular weight is 398 g/mol. The second kappa shape index (κ2) is 7.57. The molecule has 0 aromatic rings. The van der Waals surface area contributed by atoms with E-state index in [1.165, 1.54) is 56.2 Å². The number of piperidine rings is 1. The van der Waals surface area contributed by atoms with Crippen LogP contribution in [0.1, 0.15) is 92.4 Å². The monoisotopic (exact) mass is 397 g/mol. The molecule has 29 heavy (non-hydrogen) atoms. The number of amides is 1. The molecule has 4 aliphatic rings. The zero-order chi connectivity index (χ0) is 21.0. The molecule has 3 aliphatic carbocycles. The maximum absolute atomic E-state index is 12.0. The normalized spacial score (nSPS) is 42.6. The Hall–Kier alpha value is -1.05. The number of carbonyl (C=O) groups excluding carboxylic acids is 1. The number of nitrogens with one attached hydrogen (secondary N) is 1. The van der Waals surface area contributed by atoms with Crippen molar-refractivity contribution >= 4 is 5.91 Å². The molecule has 162 valence electrons. The average Bonchev–Trinajstić information content (AvgIpc) is 3.00. The highest BCUT2D eigenvalue weighted by molar-refractivity contribution is 5.80. The summed E-state index contributed by atoms with van der Waals surface area (Å²) in [7, 11) is 0. The highest BCUT2D eigenvalue weighted by Crippen LogP contribution is 2.67. The standard InChI is InChI=1S/C27H43NO/c1-17(2)8-7-9-18(3)20-10-11-21-25-19(4)16-23-27(6,15-13-24(29)28-23)22(25)12-14-26(20,21)5/h16-18,20-22,25H,4,7-15H2,1-3,5-6H3,(H,28,29). The van der Waals surface area contributed by atoms with E-state index in [4.69, 9.17) is 0 Å². The van der Waals surface area contributed by atoms with E-state index in [1.54, 1.807) is 0 Å². The van der Waals surface area contributed by atoms with Gasteiger partial charge in [0.2, 0.25) is 5.91 Å².